The third kappa shape index (κ3) is 5.37. The summed E-state index contributed by atoms with van der Waals surface area (Å²) in [6.07, 6.45) is 6.06. The predicted octanol–water partition coefficient (Wildman–Crippen LogP) is 3.65. The van der Waals surface area contributed by atoms with Crippen LogP contribution in [-0.2, 0) is 14.3 Å². The molecule has 0 radical (unpaired) electrons. The monoisotopic (exact) mass is 376 g/mol. The van der Waals surface area contributed by atoms with Crippen LogP contribution < -0.4 is 10.6 Å². The van der Waals surface area contributed by atoms with Crippen molar-refractivity contribution in [3.8, 4) is 0 Å². The summed E-state index contributed by atoms with van der Waals surface area (Å²) >= 11 is 0. The molecule has 0 spiro atoms. The van der Waals surface area contributed by atoms with E-state index in [1.807, 2.05) is 0 Å². The molecular formula is C20H25O3PS. The molecule has 2 atom stereocenters. The molecule has 0 aliphatic heterocycles. The van der Waals surface area contributed by atoms with E-state index in [1.165, 1.54) is 10.6 Å². The van der Waals surface area contributed by atoms with Gasteiger partial charge >= 0.3 is 0 Å². The van der Waals surface area contributed by atoms with Crippen LogP contribution in [0.3, 0.4) is 0 Å². The molecule has 5 heteroatoms. The number of rotatable bonds is 7. The Labute approximate surface area is 152 Å². The third-order valence-corrected chi connectivity index (χ3v) is 7.89. The van der Waals surface area contributed by atoms with Crippen molar-refractivity contribution in [2.75, 3.05) is 12.4 Å². The lowest BCUT2D eigenvalue weighted by Gasteiger charge is -2.23. The fourth-order valence-electron chi connectivity index (χ4n) is 3.60. The summed E-state index contributed by atoms with van der Waals surface area (Å²) in [4.78, 5) is 0. The van der Waals surface area contributed by atoms with Crippen LogP contribution in [0.2, 0.25) is 0 Å². The molecule has 1 saturated carbocycles. The van der Waals surface area contributed by atoms with Gasteiger partial charge in [-0.25, -0.2) is 0 Å². The molecule has 0 unspecified atom stereocenters. The molecule has 25 heavy (non-hydrogen) atoms. The van der Waals surface area contributed by atoms with Crippen LogP contribution in [-0.4, -0.2) is 26.9 Å². The normalized spacial score (nSPS) is 20.9. The van der Waals surface area contributed by atoms with E-state index in [4.69, 9.17) is 4.18 Å². The molecule has 3 nitrogen and oxygen atoms in total. The van der Waals surface area contributed by atoms with Crippen LogP contribution >= 0.6 is 7.92 Å². The van der Waals surface area contributed by atoms with Crippen molar-refractivity contribution < 1.29 is 12.6 Å². The molecule has 2 aromatic carbocycles. The van der Waals surface area contributed by atoms with E-state index in [1.54, 1.807) is 0 Å². The Bertz CT molecular complexity index is 723. The highest BCUT2D eigenvalue weighted by molar-refractivity contribution is 7.86. The number of benzene rings is 2. The van der Waals surface area contributed by atoms with Crippen LogP contribution in [0.15, 0.2) is 60.7 Å². The molecule has 0 aromatic heterocycles. The summed E-state index contributed by atoms with van der Waals surface area (Å²) < 4.78 is 28.3. The Kier molecular flexibility index (Phi) is 6.27. The first-order valence-corrected chi connectivity index (χ1v) is 12.1. The maximum atomic E-state index is 11.5. The Morgan fingerprint density at radius 2 is 1.52 bits per heavy atom. The van der Waals surface area contributed by atoms with Crippen molar-refractivity contribution in [3.05, 3.63) is 60.7 Å². The third-order valence-electron chi connectivity index (χ3n) is 4.75. The first kappa shape index (κ1) is 18.6. The second-order valence-corrected chi connectivity index (χ2v) is 10.6. The molecule has 0 amide bonds. The SMILES string of the molecule is CS(=O)(=O)O[C@H]1CCC[C@@H]1CCP(c1ccccc1)c1ccccc1. The average molecular weight is 376 g/mol. The van der Waals surface area contributed by atoms with Gasteiger partial charge in [-0.1, -0.05) is 67.1 Å². The van der Waals surface area contributed by atoms with Crippen LogP contribution in [0, 0.1) is 5.92 Å². The number of hydrogen-bond acceptors (Lipinski definition) is 3. The highest BCUT2D eigenvalue weighted by atomic mass is 32.2. The van der Waals surface area contributed by atoms with Gasteiger partial charge in [-0.2, -0.15) is 8.42 Å². The summed E-state index contributed by atoms with van der Waals surface area (Å²) in [6, 6.07) is 21.3. The van der Waals surface area contributed by atoms with E-state index in [0.29, 0.717) is 5.92 Å². The first-order valence-electron chi connectivity index (χ1n) is 8.79. The van der Waals surface area contributed by atoms with Crippen LogP contribution in [0.4, 0.5) is 0 Å². The Balaban J connectivity index is 1.73. The average Bonchev–Trinajstić information content (AvgIpc) is 3.02. The van der Waals surface area contributed by atoms with Gasteiger partial charge in [0.2, 0.25) is 0 Å². The van der Waals surface area contributed by atoms with Gasteiger partial charge in [0.25, 0.3) is 10.1 Å². The maximum Gasteiger partial charge on any atom is 0.264 e. The minimum absolute atomic E-state index is 0.140. The van der Waals surface area contributed by atoms with Crippen molar-refractivity contribution in [1.82, 2.24) is 0 Å². The van der Waals surface area contributed by atoms with E-state index in [2.05, 4.69) is 60.7 Å². The second kappa shape index (κ2) is 8.44. The molecule has 1 aliphatic carbocycles. The largest absolute Gasteiger partial charge is 0.267 e. The van der Waals surface area contributed by atoms with Gasteiger partial charge < -0.3 is 0 Å². The maximum absolute atomic E-state index is 11.5. The van der Waals surface area contributed by atoms with E-state index in [9.17, 15) is 8.42 Å². The van der Waals surface area contributed by atoms with Crippen molar-refractivity contribution in [2.45, 2.75) is 31.8 Å². The Morgan fingerprint density at radius 1 is 0.960 bits per heavy atom. The summed E-state index contributed by atoms with van der Waals surface area (Å²) in [7, 11) is -3.80. The lowest BCUT2D eigenvalue weighted by atomic mass is 10.0. The van der Waals surface area contributed by atoms with Gasteiger partial charge in [0.15, 0.2) is 0 Å². The van der Waals surface area contributed by atoms with Crippen LogP contribution in [0.1, 0.15) is 25.7 Å². The summed E-state index contributed by atoms with van der Waals surface area (Å²) in [6.45, 7) is 0. The minimum atomic E-state index is -3.38. The molecule has 1 aliphatic rings. The summed E-state index contributed by atoms with van der Waals surface area (Å²) in [5, 5.41) is 2.75. The fraction of sp³-hybridized carbons (Fsp3) is 0.400. The minimum Gasteiger partial charge on any atom is -0.267 e. The lowest BCUT2D eigenvalue weighted by Crippen LogP contribution is -2.23. The van der Waals surface area contributed by atoms with Gasteiger partial charge in [-0.15, -0.1) is 0 Å². The molecular weight excluding hydrogens is 351 g/mol. The summed E-state index contributed by atoms with van der Waals surface area (Å²) in [5.41, 5.74) is 0. The fourth-order valence-corrected chi connectivity index (χ4v) is 6.77. The molecule has 1 fully saturated rings. The summed E-state index contributed by atoms with van der Waals surface area (Å²) in [5.74, 6) is 0.340. The van der Waals surface area contributed by atoms with Gasteiger partial charge in [0.05, 0.1) is 12.4 Å². The Morgan fingerprint density at radius 3 is 2.04 bits per heavy atom. The van der Waals surface area contributed by atoms with Crippen molar-refractivity contribution in [2.24, 2.45) is 5.92 Å². The lowest BCUT2D eigenvalue weighted by molar-refractivity contribution is 0.166. The highest BCUT2D eigenvalue weighted by Crippen LogP contribution is 2.39. The molecule has 3 rings (SSSR count). The highest BCUT2D eigenvalue weighted by Gasteiger charge is 2.31. The Hall–Kier alpha value is -1.22. The molecule has 134 valence electrons. The van der Waals surface area contributed by atoms with Crippen molar-refractivity contribution >= 4 is 28.6 Å². The van der Waals surface area contributed by atoms with Crippen molar-refractivity contribution in [1.29, 1.82) is 0 Å². The standard InChI is InChI=1S/C20H25O3PS/c1-25(21,22)23-20-14-8-9-17(20)15-16-24(18-10-4-2-5-11-18)19-12-6-3-7-13-19/h2-7,10-13,17,20H,8-9,14-16H2,1H3/t17-,20+/m1/s1. The topological polar surface area (TPSA) is 43.4 Å². The molecule has 0 heterocycles. The van der Waals surface area contributed by atoms with E-state index in [-0.39, 0.29) is 6.10 Å². The number of hydrogen-bond donors (Lipinski definition) is 0. The van der Waals surface area contributed by atoms with Gasteiger partial charge in [0, 0.05) is 0 Å². The van der Waals surface area contributed by atoms with Gasteiger partial charge in [0.1, 0.15) is 0 Å². The molecule has 0 bridgehead atoms. The van der Waals surface area contributed by atoms with E-state index in [0.717, 1.165) is 38.1 Å². The van der Waals surface area contributed by atoms with Crippen LogP contribution in [0.25, 0.3) is 0 Å². The van der Waals surface area contributed by atoms with Gasteiger partial charge in [-0.05, 0) is 49.9 Å². The molecule has 0 N–H and O–H groups in total. The molecule has 2 aromatic rings. The molecule has 0 saturated heterocycles. The van der Waals surface area contributed by atoms with E-state index < -0.39 is 18.0 Å². The predicted molar refractivity (Wildman–Crippen MR) is 106 cm³/mol. The zero-order valence-corrected chi connectivity index (χ0v) is 16.3. The van der Waals surface area contributed by atoms with E-state index >= 15 is 0 Å². The quantitative estimate of drug-likeness (QED) is 0.547. The second-order valence-electron chi connectivity index (χ2n) is 6.64. The van der Waals surface area contributed by atoms with Gasteiger partial charge in [-0.3, -0.25) is 4.18 Å². The first-order chi connectivity index (χ1) is 12.0. The van der Waals surface area contributed by atoms with Crippen molar-refractivity contribution in [3.63, 3.8) is 0 Å². The zero-order chi connectivity index (χ0) is 17.7. The zero-order valence-electron chi connectivity index (χ0n) is 14.5. The van der Waals surface area contributed by atoms with Crippen LogP contribution in [0.5, 0.6) is 0 Å². The smallest absolute Gasteiger partial charge is 0.264 e.